The molecular weight excluding hydrogens is 410 g/mol. The number of aromatic nitrogens is 2. The van der Waals surface area contributed by atoms with E-state index in [1.807, 2.05) is 53.2 Å². The molecule has 0 atom stereocenters. The SMILES string of the molecule is O=C(OCCN1CCCCC1)c1nn(-c2ccccc2)c2c1CCc1cc(Cl)ccc1-2. The largest absolute Gasteiger partial charge is 0.460 e. The zero-order valence-corrected chi connectivity index (χ0v) is 18.3. The predicted octanol–water partition coefficient (Wildman–Crippen LogP) is 4.93. The van der Waals surface area contributed by atoms with E-state index in [0.29, 0.717) is 12.3 Å². The predicted molar refractivity (Wildman–Crippen MR) is 122 cm³/mol. The van der Waals surface area contributed by atoms with Crippen LogP contribution < -0.4 is 0 Å². The quantitative estimate of drug-likeness (QED) is 0.533. The van der Waals surface area contributed by atoms with Crippen LogP contribution in [0.3, 0.4) is 0 Å². The van der Waals surface area contributed by atoms with Crippen molar-refractivity contribution in [1.82, 2.24) is 14.7 Å². The highest BCUT2D eigenvalue weighted by atomic mass is 35.5. The first-order chi connectivity index (χ1) is 15.2. The summed E-state index contributed by atoms with van der Waals surface area (Å²) in [5.41, 5.74) is 5.54. The molecular formula is C25H26ClN3O2. The molecule has 0 saturated carbocycles. The van der Waals surface area contributed by atoms with Crippen LogP contribution in [-0.4, -0.2) is 46.9 Å². The van der Waals surface area contributed by atoms with Crippen LogP contribution in [0.15, 0.2) is 48.5 Å². The number of carbonyl (C=O) groups excluding carboxylic acids is 1. The van der Waals surface area contributed by atoms with Crippen LogP contribution in [0.4, 0.5) is 0 Å². The molecule has 1 aliphatic heterocycles. The number of piperidine rings is 1. The molecule has 31 heavy (non-hydrogen) atoms. The summed E-state index contributed by atoms with van der Waals surface area (Å²) in [6.45, 7) is 3.37. The van der Waals surface area contributed by atoms with Crippen LogP contribution in [0.5, 0.6) is 0 Å². The Morgan fingerprint density at radius 3 is 2.65 bits per heavy atom. The molecule has 0 radical (unpaired) electrons. The third-order valence-electron chi connectivity index (χ3n) is 6.23. The molecule has 2 heterocycles. The first-order valence-corrected chi connectivity index (χ1v) is 11.4. The smallest absolute Gasteiger partial charge is 0.359 e. The number of esters is 1. The average Bonchev–Trinajstić information content (AvgIpc) is 3.20. The van der Waals surface area contributed by atoms with Crippen LogP contribution in [0.1, 0.15) is 40.9 Å². The van der Waals surface area contributed by atoms with Gasteiger partial charge in [0, 0.05) is 22.7 Å². The van der Waals surface area contributed by atoms with E-state index in [0.717, 1.165) is 60.0 Å². The number of fused-ring (bicyclic) bond motifs is 3. The lowest BCUT2D eigenvalue weighted by molar-refractivity contribution is 0.0443. The normalized spacial score (nSPS) is 15.9. The van der Waals surface area contributed by atoms with Gasteiger partial charge in [-0.1, -0.05) is 42.3 Å². The van der Waals surface area contributed by atoms with Crippen molar-refractivity contribution in [2.24, 2.45) is 0 Å². The molecule has 1 fully saturated rings. The second-order valence-electron chi connectivity index (χ2n) is 8.26. The van der Waals surface area contributed by atoms with Gasteiger partial charge in [-0.05, 0) is 68.6 Å². The van der Waals surface area contributed by atoms with Crippen molar-refractivity contribution in [3.63, 3.8) is 0 Å². The fourth-order valence-corrected chi connectivity index (χ4v) is 4.86. The summed E-state index contributed by atoms with van der Waals surface area (Å²) >= 11 is 6.24. The molecule has 160 valence electrons. The molecule has 6 heteroatoms. The average molecular weight is 436 g/mol. The van der Waals surface area contributed by atoms with Crippen molar-refractivity contribution in [3.05, 3.63) is 70.4 Å². The molecule has 1 aromatic heterocycles. The van der Waals surface area contributed by atoms with Gasteiger partial charge < -0.3 is 4.74 Å². The van der Waals surface area contributed by atoms with Gasteiger partial charge in [0.2, 0.25) is 0 Å². The van der Waals surface area contributed by atoms with E-state index >= 15 is 0 Å². The van der Waals surface area contributed by atoms with Crippen molar-refractivity contribution >= 4 is 17.6 Å². The first-order valence-electron chi connectivity index (χ1n) is 11.1. The lowest BCUT2D eigenvalue weighted by atomic mass is 9.89. The van der Waals surface area contributed by atoms with Crippen molar-refractivity contribution in [3.8, 4) is 16.9 Å². The van der Waals surface area contributed by atoms with Gasteiger partial charge >= 0.3 is 5.97 Å². The Kier molecular flexibility index (Phi) is 5.79. The summed E-state index contributed by atoms with van der Waals surface area (Å²) in [4.78, 5) is 15.4. The maximum absolute atomic E-state index is 13.0. The zero-order chi connectivity index (χ0) is 21.2. The van der Waals surface area contributed by atoms with Crippen LogP contribution in [-0.2, 0) is 17.6 Å². The molecule has 2 aromatic carbocycles. The highest BCUT2D eigenvalue weighted by Crippen LogP contribution is 2.38. The van der Waals surface area contributed by atoms with E-state index in [2.05, 4.69) is 4.90 Å². The van der Waals surface area contributed by atoms with Crippen molar-refractivity contribution in [2.75, 3.05) is 26.2 Å². The minimum Gasteiger partial charge on any atom is -0.460 e. The maximum atomic E-state index is 13.0. The Hall–Kier alpha value is -2.63. The molecule has 0 unspecified atom stereocenters. The standard InChI is InChI=1S/C25H26ClN3O2/c26-19-10-12-21-18(17-19)9-11-22-23(25(30)31-16-15-28-13-5-2-6-14-28)27-29(24(21)22)20-7-3-1-4-8-20/h1,3-4,7-8,10,12,17H,2,5-6,9,11,13-16H2. The summed E-state index contributed by atoms with van der Waals surface area (Å²) in [7, 11) is 0. The molecule has 0 bridgehead atoms. The fraction of sp³-hybridized carbons (Fsp3) is 0.360. The molecule has 1 aliphatic carbocycles. The molecule has 0 N–H and O–H groups in total. The van der Waals surface area contributed by atoms with E-state index in [1.54, 1.807) is 0 Å². The lowest BCUT2D eigenvalue weighted by Gasteiger charge is -2.25. The van der Waals surface area contributed by atoms with Gasteiger partial charge in [0.05, 0.1) is 11.4 Å². The number of benzene rings is 2. The summed E-state index contributed by atoms with van der Waals surface area (Å²) in [6, 6.07) is 15.9. The fourth-order valence-electron chi connectivity index (χ4n) is 4.66. The van der Waals surface area contributed by atoms with E-state index < -0.39 is 0 Å². The van der Waals surface area contributed by atoms with Crippen LogP contribution in [0.25, 0.3) is 16.9 Å². The highest BCUT2D eigenvalue weighted by molar-refractivity contribution is 6.30. The van der Waals surface area contributed by atoms with Crippen molar-refractivity contribution < 1.29 is 9.53 Å². The van der Waals surface area contributed by atoms with E-state index in [9.17, 15) is 4.79 Å². The second-order valence-corrected chi connectivity index (χ2v) is 8.70. The van der Waals surface area contributed by atoms with Crippen LogP contribution in [0.2, 0.25) is 5.02 Å². The van der Waals surface area contributed by atoms with Gasteiger partial charge in [-0.15, -0.1) is 0 Å². The molecule has 1 saturated heterocycles. The van der Waals surface area contributed by atoms with E-state index in [4.69, 9.17) is 21.4 Å². The van der Waals surface area contributed by atoms with Gasteiger partial charge in [0.15, 0.2) is 5.69 Å². The number of carbonyl (C=O) groups is 1. The summed E-state index contributed by atoms with van der Waals surface area (Å²) in [6.07, 6.45) is 5.33. The Morgan fingerprint density at radius 1 is 1.03 bits per heavy atom. The third-order valence-corrected chi connectivity index (χ3v) is 6.47. The monoisotopic (exact) mass is 435 g/mol. The number of rotatable bonds is 5. The Bertz CT molecular complexity index is 1090. The zero-order valence-electron chi connectivity index (χ0n) is 17.5. The number of likely N-dealkylation sites (tertiary alicyclic amines) is 1. The van der Waals surface area contributed by atoms with Gasteiger partial charge in [-0.25, -0.2) is 9.48 Å². The summed E-state index contributed by atoms with van der Waals surface area (Å²) in [5, 5.41) is 5.47. The number of hydrogen-bond acceptors (Lipinski definition) is 4. The third kappa shape index (κ3) is 4.12. The van der Waals surface area contributed by atoms with Gasteiger partial charge in [0.1, 0.15) is 6.61 Å². The number of ether oxygens (including phenoxy) is 1. The highest BCUT2D eigenvalue weighted by Gasteiger charge is 2.29. The van der Waals surface area contributed by atoms with Crippen LogP contribution in [0, 0.1) is 0 Å². The topological polar surface area (TPSA) is 47.4 Å². The minimum atomic E-state index is -0.333. The Balaban J connectivity index is 1.46. The lowest BCUT2D eigenvalue weighted by Crippen LogP contribution is -2.33. The number of halogens is 1. The first kappa shape index (κ1) is 20.3. The van der Waals surface area contributed by atoms with E-state index in [1.165, 1.54) is 24.8 Å². The summed E-state index contributed by atoms with van der Waals surface area (Å²) < 4.78 is 7.55. The van der Waals surface area contributed by atoms with Crippen molar-refractivity contribution in [2.45, 2.75) is 32.1 Å². The second kappa shape index (κ2) is 8.85. The van der Waals surface area contributed by atoms with Gasteiger partial charge in [0.25, 0.3) is 0 Å². The molecule has 3 aromatic rings. The number of aryl methyl sites for hydroxylation is 1. The van der Waals surface area contributed by atoms with E-state index in [-0.39, 0.29) is 5.97 Å². The van der Waals surface area contributed by atoms with Crippen molar-refractivity contribution in [1.29, 1.82) is 0 Å². The maximum Gasteiger partial charge on any atom is 0.359 e. The van der Waals surface area contributed by atoms with Gasteiger partial charge in [-0.3, -0.25) is 4.90 Å². The molecule has 2 aliphatic rings. The minimum absolute atomic E-state index is 0.333. The molecule has 5 rings (SSSR count). The Morgan fingerprint density at radius 2 is 1.84 bits per heavy atom. The van der Waals surface area contributed by atoms with Gasteiger partial charge in [-0.2, -0.15) is 5.10 Å². The number of nitrogens with zero attached hydrogens (tertiary/aromatic N) is 3. The number of para-hydroxylation sites is 1. The number of hydrogen-bond donors (Lipinski definition) is 0. The molecule has 0 amide bonds. The summed E-state index contributed by atoms with van der Waals surface area (Å²) in [5.74, 6) is -0.333. The van der Waals surface area contributed by atoms with Crippen LogP contribution >= 0.6 is 11.6 Å². The Labute approximate surface area is 187 Å². The molecule has 0 spiro atoms. The molecule has 5 nitrogen and oxygen atoms in total.